The van der Waals surface area contributed by atoms with E-state index < -0.39 is 0 Å². The summed E-state index contributed by atoms with van der Waals surface area (Å²) >= 11 is 0. The first-order valence-corrected chi connectivity index (χ1v) is 15.3. The molecule has 1 unspecified atom stereocenters. The standard InChI is InChI=1S/C31H48N2.2C2H6/c1-6-9-28(14-12-27-18-21-33(5)22-19-27)31-16-15-29(30(24-31)10-7-2)13-11-25(4)23-26(8-3)17-20-32;2*1-2/h8-9,15-17,20,24-25,27,32H,3,6-7,10-14,18-19,21-23H2,1-2,4-5H3;2*1-2H3/b26-17+,28-9-,32-20?;;. The molecule has 0 bridgehead atoms. The minimum Gasteiger partial charge on any atom is -0.309 e. The maximum absolute atomic E-state index is 7.32. The minimum atomic E-state index is 0.591. The van der Waals surface area contributed by atoms with Gasteiger partial charge in [-0.25, -0.2) is 0 Å². The van der Waals surface area contributed by atoms with Gasteiger partial charge in [0.2, 0.25) is 0 Å². The van der Waals surface area contributed by atoms with Gasteiger partial charge in [0.05, 0.1) is 0 Å². The van der Waals surface area contributed by atoms with E-state index in [1.165, 1.54) is 74.5 Å². The molecule has 210 valence electrons. The molecule has 0 aliphatic carbocycles. The molecule has 0 spiro atoms. The van der Waals surface area contributed by atoms with Gasteiger partial charge in [-0.15, -0.1) is 0 Å². The average Bonchev–Trinajstić information content (AvgIpc) is 2.93. The van der Waals surface area contributed by atoms with Gasteiger partial charge in [0.1, 0.15) is 0 Å². The number of nitrogens with one attached hydrogen (secondary N) is 1. The third-order valence-electron chi connectivity index (χ3n) is 7.26. The van der Waals surface area contributed by atoms with Crippen LogP contribution in [0.1, 0.15) is 117 Å². The molecule has 1 atom stereocenters. The molecule has 0 radical (unpaired) electrons. The Morgan fingerprint density at radius 1 is 1.08 bits per heavy atom. The van der Waals surface area contributed by atoms with E-state index in [1.54, 1.807) is 11.1 Å². The van der Waals surface area contributed by atoms with E-state index in [9.17, 15) is 0 Å². The fourth-order valence-corrected chi connectivity index (χ4v) is 5.13. The number of rotatable bonds is 14. The quantitative estimate of drug-likeness (QED) is 0.196. The molecular formula is C35H60N2. The van der Waals surface area contributed by atoms with Crippen molar-refractivity contribution in [3.63, 3.8) is 0 Å². The Labute approximate surface area is 231 Å². The van der Waals surface area contributed by atoms with Crippen LogP contribution in [0.2, 0.25) is 0 Å². The van der Waals surface area contributed by atoms with Gasteiger partial charge in [-0.1, -0.05) is 91.8 Å². The van der Waals surface area contributed by atoms with Gasteiger partial charge >= 0.3 is 0 Å². The van der Waals surface area contributed by atoms with Gasteiger partial charge in [-0.2, -0.15) is 0 Å². The number of nitrogens with zero attached hydrogens (tertiary/aromatic N) is 1. The number of aryl methyl sites for hydroxylation is 2. The zero-order valence-electron chi connectivity index (χ0n) is 25.8. The summed E-state index contributed by atoms with van der Waals surface area (Å²) in [6.45, 7) is 21.3. The van der Waals surface area contributed by atoms with Crippen molar-refractivity contribution in [1.29, 1.82) is 5.41 Å². The van der Waals surface area contributed by atoms with Gasteiger partial charge < -0.3 is 10.3 Å². The van der Waals surface area contributed by atoms with Crippen molar-refractivity contribution in [2.75, 3.05) is 20.1 Å². The van der Waals surface area contributed by atoms with E-state index in [2.05, 4.69) is 63.6 Å². The molecule has 0 aromatic heterocycles. The molecule has 1 aromatic carbocycles. The van der Waals surface area contributed by atoms with E-state index in [1.807, 2.05) is 39.8 Å². The average molecular weight is 509 g/mol. The fraction of sp³-hybridized carbons (Fsp3) is 0.629. The predicted octanol–water partition coefficient (Wildman–Crippen LogP) is 10.3. The number of likely N-dealkylation sites (tertiary alicyclic amines) is 1. The maximum atomic E-state index is 7.32. The Morgan fingerprint density at radius 2 is 1.76 bits per heavy atom. The summed E-state index contributed by atoms with van der Waals surface area (Å²) in [6.07, 6.45) is 19.6. The van der Waals surface area contributed by atoms with Gasteiger partial charge in [-0.05, 0) is 124 Å². The number of benzene rings is 1. The summed E-state index contributed by atoms with van der Waals surface area (Å²) < 4.78 is 0. The lowest BCUT2D eigenvalue weighted by molar-refractivity contribution is 0.213. The molecule has 0 amide bonds. The minimum absolute atomic E-state index is 0.591. The first-order valence-electron chi connectivity index (χ1n) is 15.3. The van der Waals surface area contributed by atoms with Crippen LogP contribution in [0.5, 0.6) is 0 Å². The smallest absolute Gasteiger partial charge is 0.0180 e. The van der Waals surface area contributed by atoms with Crippen LogP contribution in [0.25, 0.3) is 5.57 Å². The lowest BCUT2D eigenvalue weighted by atomic mass is 9.87. The highest BCUT2D eigenvalue weighted by Gasteiger charge is 2.17. The molecule has 1 heterocycles. The number of hydrogen-bond donors (Lipinski definition) is 1. The van der Waals surface area contributed by atoms with Crippen LogP contribution < -0.4 is 0 Å². The molecule has 1 N–H and O–H groups in total. The molecule has 0 saturated carbocycles. The summed E-state index contributed by atoms with van der Waals surface area (Å²) in [5.41, 5.74) is 7.24. The van der Waals surface area contributed by atoms with Crippen LogP contribution in [0, 0.1) is 17.2 Å². The van der Waals surface area contributed by atoms with Gasteiger partial charge in [0.25, 0.3) is 0 Å². The number of allylic oxidation sites excluding steroid dienone is 5. The Bertz CT molecular complexity index is 793. The number of hydrogen-bond acceptors (Lipinski definition) is 2. The predicted molar refractivity (Wildman–Crippen MR) is 170 cm³/mol. The molecule has 2 nitrogen and oxygen atoms in total. The highest BCUT2D eigenvalue weighted by molar-refractivity contribution is 5.69. The van der Waals surface area contributed by atoms with E-state index in [-0.39, 0.29) is 0 Å². The van der Waals surface area contributed by atoms with Crippen molar-refractivity contribution in [2.24, 2.45) is 11.8 Å². The summed E-state index contributed by atoms with van der Waals surface area (Å²) in [5, 5.41) is 7.32. The van der Waals surface area contributed by atoms with Crippen molar-refractivity contribution in [2.45, 2.75) is 113 Å². The van der Waals surface area contributed by atoms with Gasteiger partial charge in [-0.3, -0.25) is 0 Å². The third-order valence-corrected chi connectivity index (χ3v) is 7.26. The first kappa shape index (κ1) is 35.1. The zero-order valence-corrected chi connectivity index (χ0v) is 25.8. The summed E-state index contributed by atoms with van der Waals surface area (Å²) in [4.78, 5) is 2.47. The SMILES string of the molecule is C=C/C(=C\C=N)CC(C)CCc1ccc(/C(=C\CC)CCC2CCN(C)CC2)cc1CCC.CC.CC. The summed E-state index contributed by atoms with van der Waals surface area (Å²) in [7, 11) is 2.25. The second-order valence-corrected chi connectivity index (χ2v) is 10.1. The second-order valence-electron chi connectivity index (χ2n) is 10.1. The normalized spacial score (nSPS) is 15.7. The highest BCUT2D eigenvalue weighted by Crippen LogP contribution is 2.30. The molecule has 1 aromatic rings. The zero-order chi connectivity index (χ0) is 28.1. The molecule has 1 aliphatic rings. The summed E-state index contributed by atoms with van der Waals surface area (Å²) in [6, 6.07) is 7.30. The molecule has 1 fully saturated rings. The van der Waals surface area contributed by atoms with Crippen LogP contribution in [0.4, 0.5) is 0 Å². The lowest BCUT2D eigenvalue weighted by Gasteiger charge is -2.29. The van der Waals surface area contributed by atoms with Crippen molar-refractivity contribution in [3.05, 3.63) is 65.3 Å². The van der Waals surface area contributed by atoms with Crippen molar-refractivity contribution >= 4 is 11.8 Å². The van der Waals surface area contributed by atoms with Crippen molar-refractivity contribution < 1.29 is 0 Å². The Hall–Kier alpha value is -1.93. The van der Waals surface area contributed by atoms with E-state index in [0.29, 0.717) is 5.92 Å². The van der Waals surface area contributed by atoms with Crippen molar-refractivity contribution in [1.82, 2.24) is 4.90 Å². The monoisotopic (exact) mass is 508 g/mol. The number of piperidine rings is 1. The van der Waals surface area contributed by atoms with Crippen LogP contribution in [0.3, 0.4) is 0 Å². The second kappa shape index (κ2) is 22.1. The maximum Gasteiger partial charge on any atom is 0.0180 e. The first-order chi connectivity index (χ1) is 18.0. The molecule has 1 aliphatic heterocycles. The summed E-state index contributed by atoms with van der Waals surface area (Å²) in [5.74, 6) is 1.48. The van der Waals surface area contributed by atoms with E-state index in [0.717, 1.165) is 31.6 Å². The molecule has 1 saturated heterocycles. The van der Waals surface area contributed by atoms with Crippen molar-refractivity contribution in [3.8, 4) is 0 Å². The van der Waals surface area contributed by atoms with Crippen LogP contribution in [-0.2, 0) is 12.8 Å². The van der Waals surface area contributed by atoms with E-state index in [4.69, 9.17) is 5.41 Å². The molecule has 2 heteroatoms. The molecular weight excluding hydrogens is 448 g/mol. The topological polar surface area (TPSA) is 27.1 Å². The van der Waals surface area contributed by atoms with Gasteiger partial charge in [0.15, 0.2) is 0 Å². The Kier molecular flexibility index (Phi) is 20.9. The lowest BCUT2D eigenvalue weighted by Crippen LogP contribution is -2.30. The van der Waals surface area contributed by atoms with E-state index >= 15 is 0 Å². The third kappa shape index (κ3) is 14.0. The van der Waals surface area contributed by atoms with Gasteiger partial charge in [0, 0.05) is 6.21 Å². The largest absolute Gasteiger partial charge is 0.309 e. The fourth-order valence-electron chi connectivity index (χ4n) is 5.13. The Balaban J connectivity index is 0.00000308. The molecule has 37 heavy (non-hydrogen) atoms. The molecule has 2 rings (SSSR count). The van der Waals surface area contributed by atoms with Crippen LogP contribution in [0.15, 0.2) is 48.6 Å². The Morgan fingerprint density at radius 3 is 2.32 bits per heavy atom. The van der Waals surface area contributed by atoms with Crippen LogP contribution >= 0.6 is 0 Å². The highest BCUT2D eigenvalue weighted by atomic mass is 15.1. The van der Waals surface area contributed by atoms with Crippen LogP contribution in [-0.4, -0.2) is 31.3 Å².